The molecule has 0 spiro atoms. The molecule has 2 heterocycles. The third kappa shape index (κ3) is 3.74. The SMILES string of the molecule is Cc1onc(NS(=O)(=O)c2ccccc2-c2ccc(-c3ncccn3)cc2)c1C. The van der Waals surface area contributed by atoms with E-state index in [0.717, 1.165) is 11.1 Å². The van der Waals surface area contributed by atoms with E-state index in [2.05, 4.69) is 19.8 Å². The van der Waals surface area contributed by atoms with E-state index >= 15 is 0 Å². The van der Waals surface area contributed by atoms with Crippen molar-refractivity contribution < 1.29 is 12.9 Å². The summed E-state index contributed by atoms with van der Waals surface area (Å²) in [5.74, 6) is 1.36. The molecule has 0 unspecified atom stereocenters. The summed E-state index contributed by atoms with van der Waals surface area (Å²) in [5.41, 5.74) is 2.84. The third-order valence-electron chi connectivity index (χ3n) is 4.58. The molecule has 0 saturated carbocycles. The van der Waals surface area contributed by atoms with Gasteiger partial charge >= 0.3 is 0 Å². The van der Waals surface area contributed by atoms with E-state index in [-0.39, 0.29) is 10.7 Å². The van der Waals surface area contributed by atoms with Crippen molar-refractivity contribution in [3.05, 3.63) is 78.3 Å². The van der Waals surface area contributed by atoms with Crippen LogP contribution in [0.2, 0.25) is 0 Å². The molecule has 2 aromatic heterocycles. The largest absolute Gasteiger partial charge is 0.359 e. The van der Waals surface area contributed by atoms with Crippen molar-refractivity contribution in [2.75, 3.05) is 4.72 Å². The topological polar surface area (TPSA) is 98.0 Å². The molecule has 0 bridgehead atoms. The van der Waals surface area contributed by atoms with E-state index in [0.29, 0.717) is 22.7 Å². The molecule has 0 atom stereocenters. The van der Waals surface area contributed by atoms with Crippen molar-refractivity contribution in [3.63, 3.8) is 0 Å². The molecule has 0 radical (unpaired) electrons. The number of hydrogen-bond donors (Lipinski definition) is 1. The Morgan fingerprint density at radius 2 is 1.52 bits per heavy atom. The number of nitrogens with zero attached hydrogens (tertiary/aromatic N) is 3. The molecule has 29 heavy (non-hydrogen) atoms. The van der Waals surface area contributed by atoms with Crippen LogP contribution < -0.4 is 4.72 Å². The van der Waals surface area contributed by atoms with Crippen LogP contribution in [-0.2, 0) is 10.0 Å². The van der Waals surface area contributed by atoms with Gasteiger partial charge < -0.3 is 4.52 Å². The van der Waals surface area contributed by atoms with Gasteiger partial charge in [-0.3, -0.25) is 4.72 Å². The molecule has 1 N–H and O–H groups in total. The van der Waals surface area contributed by atoms with Crippen LogP contribution >= 0.6 is 0 Å². The number of benzene rings is 2. The third-order valence-corrected chi connectivity index (χ3v) is 5.98. The molecule has 0 fully saturated rings. The van der Waals surface area contributed by atoms with Crippen LogP contribution in [0.3, 0.4) is 0 Å². The highest BCUT2D eigenvalue weighted by atomic mass is 32.2. The van der Waals surface area contributed by atoms with Gasteiger partial charge in [-0.2, -0.15) is 0 Å². The first-order valence-corrected chi connectivity index (χ1v) is 10.4. The van der Waals surface area contributed by atoms with E-state index in [1.807, 2.05) is 24.3 Å². The van der Waals surface area contributed by atoms with Gasteiger partial charge in [0.15, 0.2) is 11.6 Å². The normalized spacial score (nSPS) is 11.4. The van der Waals surface area contributed by atoms with Gasteiger partial charge in [-0.15, -0.1) is 0 Å². The van der Waals surface area contributed by atoms with Gasteiger partial charge in [0, 0.05) is 29.1 Å². The summed E-state index contributed by atoms with van der Waals surface area (Å²) in [5, 5.41) is 3.79. The van der Waals surface area contributed by atoms with Gasteiger partial charge in [0.2, 0.25) is 0 Å². The highest BCUT2D eigenvalue weighted by molar-refractivity contribution is 7.92. The van der Waals surface area contributed by atoms with Crippen molar-refractivity contribution in [1.29, 1.82) is 0 Å². The van der Waals surface area contributed by atoms with E-state index in [9.17, 15) is 8.42 Å². The number of nitrogens with one attached hydrogen (secondary N) is 1. The van der Waals surface area contributed by atoms with Crippen molar-refractivity contribution in [2.45, 2.75) is 18.7 Å². The Morgan fingerprint density at radius 3 is 2.17 bits per heavy atom. The molecule has 0 aliphatic rings. The Bertz CT molecular complexity index is 1250. The van der Waals surface area contributed by atoms with Crippen molar-refractivity contribution in [1.82, 2.24) is 15.1 Å². The lowest BCUT2D eigenvalue weighted by Gasteiger charge is -2.12. The lowest BCUT2D eigenvalue weighted by Crippen LogP contribution is -2.15. The second-order valence-electron chi connectivity index (χ2n) is 6.46. The molecule has 2 aromatic carbocycles. The summed E-state index contributed by atoms with van der Waals surface area (Å²) in [7, 11) is -3.86. The number of anilines is 1. The molecule has 0 saturated heterocycles. The lowest BCUT2D eigenvalue weighted by atomic mass is 10.0. The number of hydrogen-bond acceptors (Lipinski definition) is 6. The fourth-order valence-electron chi connectivity index (χ4n) is 2.88. The van der Waals surface area contributed by atoms with Crippen molar-refractivity contribution in [3.8, 4) is 22.5 Å². The first kappa shape index (κ1) is 18.8. The zero-order valence-corrected chi connectivity index (χ0v) is 16.6. The Labute approximate surface area is 168 Å². The number of aromatic nitrogens is 3. The van der Waals surface area contributed by atoms with Gasteiger partial charge in [0.05, 0.1) is 4.90 Å². The summed E-state index contributed by atoms with van der Waals surface area (Å²) in [4.78, 5) is 8.62. The maximum atomic E-state index is 13.0. The van der Waals surface area contributed by atoms with E-state index in [4.69, 9.17) is 4.52 Å². The Balaban J connectivity index is 1.71. The van der Waals surface area contributed by atoms with Gasteiger partial charge in [-0.05, 0) is 31.5 Å². The average molecular weight is 406 g/mol. The number of sulfonamides is 1. The zero-order valence-electron chi connectivity index (χ0n) is 15.8. The number of aryl methyl sites for hydroxylation is 1. The predicted octanol–water partition coefficient (Wildman–Crippen LogP) is 4.22. The first-order valence-electron chi connectivity index (χ1n) is 8.88. The minimum Gasteiger partial charge on any atom is -0.359 e. The summed E-state index contributed by atoms with van der Waals surface area (Å²) < 4.78 is 33.6. The molecular weight excluding hydrogens is 388 g/mol. The van der Waals surface area contributed by atoms with Crippen LogP contribution in [0.25, 0.3) is 22.5 Å². The molecule has 146 valence electrons. The predicted molar refractivity (Wildman–Crippen MR) is 110 cm³/mol. The Morgan fingerprint density at radius 1 is 0.862 bits per heavy atom. The maximum Gasteiger partial charge on any atom is 0.263 e. The maximum absolute atomic E-state index is 13.0. The molecule has 4 aromatic rings. The fraction of sp³-hybridized carbons (Fsp3) is 0.0952. The molecule has 0 aliphatic carbocycles. The monoisotopic (exact) mass is 406 g/mol. The highest BCUT2D eigenvalue weighted by Gasteiger charge is 2.22. The molecule has 8 heteroatoms. The standard InChI is InChI=1S/C21H18N4O3S/c1-14-15(2)28-24-20(14)25-29(26,27)19-7-4-3-6-18(19)16-8-10-17(11-9-16)21-22-12-5-13-23-21/h3-13H,1-2H3,(H,24,25). The molecule has 7 nitrogen and oxygen atoms in total. The summed E-state index contributed by atoms with van der Waals surface area (Å²) in [6.07, 6.45) is 3.36. The van der Waals surface area contributed by atoms with Crippen LogP contribution in [-0.4, -0.2) is 23.5 Å². The van der Waals surface area contributed by atoms with E-state index in [1.54, 1.807) is 56.6 Å². The van der Waals surface area contributed by atoms with E-state index < -0.39 is 10.0 Å². The Kier molecular flexibility index (Phi) is 4.85. The van der Waals surface area contributed by atoms with Crippen molar-refractivity contribution in [2.24, 2.45) is 0 Å². The van der Waals surface area contributed by atoms with Gasteiger partial charge in [0.25, 0.3) is 10.0 Å². The van der Waals surface area contributed by atoms with Crippen LogP contribution in [0.15, 0.2) is 76.4 Å². The Hall–Kier alpha value is -3.52. The first-order chi connectivity index (χ1) is 14.0. The molecule has 0 amide bonds. The lowest BCUT2D eigenvalue weighted by molar-refractivity contribution is 0.399. The smallest absolute Gasteiger partial charge is 0.263 e. The average Bonchev–Trinajstić information content (AvgIpc) is 3.06. The number of rotatable bonds is 5. The zero-order chi connectivity index (χ0) is 20.4. The second kappa shape index (κ2) is 7.48. The van der Waals surface area contributed by atoms with Gasteiger partial charge in [0.1, 0.15) is 5.76 Å². The van der Waals surface area contributed by atoms with Gasteiger partial charge in [-0.1, -0.05) is 47.6 Å². The van der Waals surface area contributed by atoms with E-state index in [1.165, 1.54) is 0 Å². The second-order valence-corrected chi connectivity index (χ2v) is 8.11. The van der Waals surface area contributed by atoms with Crippen LogP contribution in [0.5, 0.6) is 0 Å². The summed E-state index contributed by atoms with van der Waals surface area (Å²) >= 11 is 0. The molecular formula is C21H18N4O3S. The quantitative estimate of drug-likeness (QED) is 0.533. The minimum atomic E-state index is -3.86. The fourth-order valence-corrected chi connectivity index (χ4v) is 4.17. The summed E-state index contributed by atoms with van der Waals surface area (Å²) in [6.45, 7) is 3.48. The van der Waals surface area contributed by atoms with Crippen molar-refractivity contribution >= 4 is 15.8 Å². The van der Waals surface area contributed by atoms with Crippen LogP contribution in [0.4, 0.5) is 5.82 Å². The highest BCUT2D eigenvalue weighted by Crippen LogP contribution is 2.30. The molecule has 0 aliphatic heterocycles. The van der Waals surface area contributed by atoms with Crippen LogP contribution in [0, 0.1) is 13.8 Å². The van der Waals surface area contributed by atoms with Gasteiger partial charge in [-0.25, -0.2) is 18.4 Å². The minimum absolute atomic E-state index is 0.156. The van der Waals surface area contributed by atoms with Crippen LogP contribution in [0.1, 0.15) is 11.3 Å². The summed E-state index contributed by atoms with van der Waals surface area (Å²) in [6, 6.07) is 16.0. The molecule has 4 rings (SSSR count).